The summed E-state index contributed by atoms with van der Waals surface area (Å²) >= 11 is 59.0. The lowest BCUT2D eigenvalue weighted by molar-refractivity contribution is 0.0592. The third-order valence-electron chi connectivity index (χ3n) is 21.8. The number of esters is 3. The molecule has 6 saturated carbocycles. The first-order valence-electron chi connectivity index (χ1n) is 37.4. The molecular formula is C90H72Cl9N3O12. The zero-order valence-electron chi connectivity index (χ0n) is 61.6. The second kappa shape index (κ2) is 34.1. The Morgan fingerprint density at radius 3 is 0.789 bits per heavy atom. The lowest BCUT2D eigenvalue weighted by Crippen LogP contribution is -2.01. The van der Waals surface area contributed by atoms with E-state index in [1.807, 2.05) is 91.0 Å². The Morgan fingerprint density at radius 2 is 0.570 bits per heavy atom. The number of benzene rings is 9. The standard InChI is InChI=1S/3C30H24Cl3NO4/c3*1-36-30(35)18-9-5-16(6-10-18)21-14-22(21)20-12-11-19(13-26(20)33)37-15-23-28(34-38-29(23)17-7-8-17)27-24(31)3-2-4-25(27)32/h3*2-6,9-13,17,21-22H,7-8,14-15H2,1H3. The fourth-order valence-corrected chi connectivity index (χ4v) is 17.6. The molecule has 0 radical (unpaired) electrons. The van der Waals surface area contributed by atoms with Crippen molar-refractivity contribution in [1.82, 2.24) is 15.5 Å². The molecule has 0 amide bonds. The quantitative estimate of drug-likeness (QED) is 0.0411. The maximum absolute atomic E-state index is 11.7. The first kappa shape index (κ1) is 78.9. The van der Waals surface area contributed by atoms with E-state index in [0.717, 1.165) is 108 Å². The van der Waals surface area contributed by atoms with Crippen molar-refractivity contribution in [2.24, 2.45) is 0 Å². The Kier molecular flexibility index (Phi) is 23.6. The zero-order valence-corrected chi connectivity index (χ0v) is 68.4. The average molecular weight is 1710 g/mol. The largest absolute Gasteiger partial charge is 0.489 e. The maximum atomic E-state index is 11.7. The normalized spacial score (nSPS) is 18.3. The van der Waals surface area contributed by atoms with Crippen LogP contribution < -0.4 is 14.2 Å². The lowest BCUT2D eigenvalue weighted by atomic mass is 10.0. The van der Waals surface area contributed by atoms with Gasteiger partial charge in [-0.2, -0.15) is 0 Å². The van der Waals surface area contributed by atoms with Crippen LogP contribution in [0.5, 0.6) is 17.2 Å². The molecule has 582 valence electrons. The highest BCUT2D eigenvalue weighted by Crippen LogP contribution is 2.60. The van der Waals surface area contributed by atoms with Crippen molar-refractivity contribution in [2.75, 3.05) is 21.3 Å². The number of methoxy groups -OCH3 is 3. The summed E-state index contributed by atoms with van der Waals surface area (Å²) in [7, 11) is 4.15. The molecule has 6 atom stereocenters. The molecular weight excluding hydrogens is 1630 g/mol. The Hall–Kier alpha value is -8.97. The van der Waals surface area contributed by atoms with E-state index in [9.17, 15) is 14.4 Å². The number of carbonyl (C=O) groups is 3. The highest BCUT2D eigenvalue weighted by molar-refractivity contribution is 6.40. The molecule has 0 spiro atoms. The number of rotatable bonds is 24. The molecule has 15 nitrogen and oxygen atoms in total. The molecule has 6 aliphatic carbocycles. The summed E-state index contributed by atoms with van der Waals surface area (Å²) in [5, 5.41) is 18.1. The number of aromatic nitrogens is 3. The topological polar surface area (TPSA) is 185 Å². The van der Waals surface area contributed by atoms with E-state index in [2.05, 4.69) is 15.5 Å². The van der Waals surface area contributed by atoms with E-state index in [4.69, 9.17) is 146 Å². The van der Waals surface area contributed by atoms with E-state index < -0.39 is 0 Å². The van der Waals surface area contributed by atoms with Crippen molar-refractivity contribution in [2.45, 2.75) is 131 Å². The summed E-state index contributed by atoms with van der Waals surface area (Å²) < 4.78 is 50.1. The van der Waals surface area contributed by atoms with Gasteiger partial charge < -0.3 is 42.0 Å². The smallest absolute Gasteiger partial charge is 0.337 e. The summed E-state index contributed by atoms with van der Waals surface area (Å²) in [6.07, 6.45) is 9.39. The molecule has 24 heteroatoms. The van der Waals surface area contributed by atoms with Gasteiger partial charge in [0.2, 0.25) is 0 Å². The number of carbonyl (C=O) groups excluding carboxylic acids is 3. The van der Waals surface area contributed by atoms with Crippen LogP contribution in [-0.2, 0) is 34.0 Å². The van der Waals surface area contributed by atoms with Crippen LogP contribution in [0.15, 0.2) is 196 Å². The minimum absolute atomic E-state index is 0.264. The summed E-state index contributed by atoms with van der Waals surface area (Å²) in [5.74, 6) is 6.60. The van der Waals surface area contributed by atoms with E-state index in [-0.39, 0.29) is 37.7 Å². The van der Waals surface area contributed by atoms with Crippen LogP contribution in [0.4, 0.5) is 0 Å². The molecule has 12 aromatic rings. The van der Waals surface area contributed by atoms with Gasteiger partial charge in [0.25, 0.3) is 0 Å². The van der Waals surface area contributed by atoms with Crippen LogP contribution in [0.2, 0.25) is 45.2 Å². The van der Waals surface area contributed by atoms with Gasteiger partial charge in [-0.15, -0.1) is 0 Å². The molecule has 114 heavy (non-hydrogen) atoms. The highest BCUT2D eigenvalue weighted by Gasteiger charge is 2.44. The second-order valence-corrected chi connectivity index (χ2v) is 33.0. The van der Waals surface area contributed by atoms with E-state index in [0.29, 0.717) is 166 Å². The molecule has 0 saturated heterocycles. The van der Waals surface area contributed by atoms with Gasteiger partial charge in [0.05, 0.1) is 84.8 Å². The Balaban J connectivity index is 0.000000129. The van der Waals surface area contributed by atoms with Crippen molar-refractivity contribution in [3.05, 3.63) is 311 Å². The summed E-state index contributed by atoms with van der Waals surface area (Å²) in [5.41, 5.74) is 14.9. The SMILES string of the molecule is COC(=O)c1ccc(C2CC2c2ccc(OCc3c(-c4c(Cl)cccc4Cl)noc3C3CC3)cc2Cl)cc1.COC(=O)c1ccc(C2CC2c2ccc(OCc3c(-c4c(Cl)cccc4Cl)noc3C3CC3)cc2Cl)cc1.COC(=O)c1ccc(C2CC2c2ccc(OCc3c(-c4c(Cl)cccc4Cl)noc3C3CC3)cc2Cl)cc1. The van der Waals surface area contributed by atoms with Crippen LogP contribution in [-0.4, -0.2) is 54.7 Å². The second-order valence-electron chi connectivity index (χ2n) is 29.3. The van der Waals surface area contributed by atoms with Gasteiger partial charge in [-0.25, -0.2) is 14.4 Å². The summed E-state index contributed by atoms with van der Waals surface area (Å²) in [6.45, 7) is 0.793. The van der Waals surface area contributed by atoms with Gasteiger partial charge in [0, 0.05) is 49.5 Å². The van der Waals surface area contributed by atoms with Crippen molar-refractivity contribution >= 4 is 122 Å². The van der Waals surface area contributed by atoms with E-state index in [1.165, 1.54) is 38.0 Å². The Labute approximate surface area is 703 Å². The Bertz CT molecular complexity index is 5020. The fraction of sp³-hybridized carbons (Fsp3) is 0.267. The number of halogens is 9. The molecule has 3 heterocycles. The number of hydrogen-bond donors (Lipinski definition) is 0. The molecule has 18 rings (SSSR count). The Morgan fingerprint density at radius 1 is 0.325 bits per heavy atom. The van der Waals surface area contributed by atoms with Crippen LogP contribution in [0.3, 0.4) is 0 Å². The van der Waals surface area contributed by atoms with Crippen molar-refractivity contribution in [1.29, 1.82) is 0 Å². The molecule has 0 aliphatic heterocycles. The minimum Gasteiger partial charge on any atom is -0.489 e. The molecule has 9 aromatic carbocycles. The van der Waals surface area contributed by atoms with Crippen LogP contribution in [0, 0.1) is 0 Å². The van der Waals surface area contributed by atoms with Gasteiger partial charge in [-0.05, 0) is 236 Å². The first-order chi connectivity index (χ1) is 55.3. The molecule has 6 unspecified atom stereocenters. The fourth-order valence-electron chi connectivity index (χ4n) is 15.0. The number of nitrogens with zero attached hydrogens (tertiary/aromatic N) is 3. The number of hydrogen-bond acceptors (Lipinski definition) is 15. The molecule has 6 aliphatic rings. The zero-order chi connectivity index (χ0) is 79.2. The van der Waals surface area contributed by atoms with Crippen molar-refractivity contribution in [3.63, 3.8) is 0 Å². The third-order valence-corrected chi connectivity index (χ3v) is 24.7. The number of ether oxygens (including phenoxy) is 6. The van der Waals surface area contributed by atoms with E-state index in [1.54, 1.807) is 91.0 Å². The lowest BCUT2D eigenvalue weighted by Gasteiger charge is -2.11. The van der Waals surface area contributed by atoms with Gasteiger partial charge in [0.15, 0.2) is 0 Å². The predicted molar refractivity (Wildman–Crippen MR) is 443 cm³/mol. The van der Waals surface area contributed by atoms with Crippen LogP contribution >= 0.6 is 104 Å². The predicted octanol–water partition coefficient (Wildman–Crippen LogP) is 26.4. The van der Waals surface area contributed by atoms with Gasteiger partial charge in [0.1, 0.15) is 71.4 Å². The van der Waals surface area contributed by atoms with E-state index >= 15 is 0 Å². The first-order valence-corrected chi connectivity index (χ1v) is 40.8. The van der Waals surface area contributed by atoms with Gasteiger partial charge in [-0.3, -0.25) is 0 Å². The van der Waals surface area contributed by atoms with Crippen LogP contribution in [0.25, 0.3) is 33.8 Å². The summed E-state index contributed by atoms with van der Waals surface area (Å²) in [4.78, 5) is 35.1. The molecule has 6 fully saturated rings. The van der Waals surface area contributed by atoms with Crippen molar-refractivity contribution in [3.8, 4) is 51.0 Å². The minimum atomic E-state index is -0.333. The third kappa shape index (κ3) is 17.3. The summed E-state index contributed by atoms with van der Waals surface area (Å²) in [6, 6.07) is 56.4. The molecule has 0 N–H and O–H groups in total. The molecule has 3 aromatic heterocycles. The average Bonchev–Trinajstić information content (AvgIpc) is 1.61. The van der Waals surface area contributed by atoms with Gasteiger partial charge in [-0.1, -0.05) is 193 Å². The maximum Gasteiger partial charge on any atom is 0.337 e. The monoisotopic (exact) mass is 1700 g/mol. The van der Waals surface area contributed by atoms with Gasteiger partial charge >= 0.3 is 17.9 Å². The van der Waals surface area contributed by atoms with Crippen molar-refractivity contribution < 1.29 is 56.4 Å². The highest BCUT2D eigenvalue weighted by atomic mass is 35.5. The molecule has 0 bridgehead atoms. The van der Waals surface area contributed by atoms with Crippen LogP contribution in [0.1, 0.15) is 209 Å².